The zero-order valence-electron chi connectivity index (χ0n) is 9.21. The Hall–Kier alpha value is -1.26. The predicted molar refractivity (Wildman–Crippen MR) is 64.3 cm³/mol. The summed E-state index contributed by atoms with van der Waals surface area (Å²) in [5.74, 6) is 0. The lowest BCUT2D eigenvalue weighted by atomic mass is 9.91. The van der Waals surface area contributed by atoms with Crippen LogP contribution in [0.3, 0.4) is 0 Å². The molecule has 0 saturated carbocycles. The number of allylic oxidation sites excluding steroid dienone is 2. The molecule has 1 aromatic carbocycles. The van der Waals surface area contributed by atoms with Crippen LogP contribution in [-0.2, 0) is 0 Å². The number of nitriles is 1. The first-order valence-corrected chi connectivity index (χ1v) is 5.20. The van der Waals surface area contributed by atoms with Gasteiger partial charge in [0.2, 0.25) is 0 Å². The van der Waals surface area contributed by atoms with Crippen molar-refractivity contribution >= 4 is 17.2 Å². The summed E-state index contributed by atoms with van der Waals surface area (Å²) in [6, 6.07) is 11.7. The minimum Gasteiger partial charge on any atom is -0.192 e. The zero-order chi connectivity index (χ0) is 11.5. The molecular formula is C13H14ClN. The van der Waals surface area contributed by atoms with Crippen molar-refractivity contribution < 1.29 is 0 Å². The van der Waals surface area contributed by atoms with Crippen LogP contribution < -0.4 is 0 Å². The van der Waals surface area contributed by atoms with Crippen LogP contribution in [-0.4, -0.2) is 0 Å². The Morgan fingerprint density at radius 2 is 1.73 bits per heavy atom. The van der Waals surface area contributed by atoms with Gasteiger partial charge >= 0.3 is 0 Å². The second-order valence-electron chi connectivity index (χ2n) is 4.42. The van der Waals surface area contributed by atoms with Gasteiger partial charge in [0.1, 0.15) is 6.07 Å². The molecule has 1 nitrogen and oxygen atoms in total. The molecule has 0 N–H and O–H groups in total. The van der Waals surface area contributed by atoms with Crippen molar-refractivity contribution in [3.05, 3.63) is 40.9 Å². The summed E-state index contributed by atoms with van der Waals surface area (Å²) in [4.78, 5) is 0. The summed E-state index contributed by atoms with van der Waals surface area (Å²) in [6.07, 6.45) is 0. The molecule has 15 heavy (non-hydrogen) atoms. The van der Waals surface area contributed by atoms with Gasteiger partial charge in [-0.2, -0.15) is 5.26 Å². The quantitative estimate of drug-likeness (QED) is 0.650. The van der Waals surface area contributed by atoms with Crippen LogP contribution in [0.2, 0.25) is 0 Å². The van der Waals surface area contributed by atoms with E-state index in [1.807, 2.05) is 51.1 Å². The van der Waals surface area contributed by atoms with Crippen LogP contribution in [0.5, 0.6) is 0 Å². The summed E-state index contributed by atoms with van der Waals surface area (Å²) in [5, 5.41) is 9.73. The monoisotopic (exact) mass is 219 g/mol. The fourth-order valence-corrected chi connectivity index (χ4v) is 1.37. The first-order valence-electron chi connectivity index (χ1n) is 4.82. The van der Waals surface area contributed by atoms with Gasteiger partial charge in [0.05, 0.1) is 5.57 Å². The van der Waals surface area contributed by atoms with Crippen molar-refractivity contribution in [2.45, 2.75) is 20.8 Å². The lowest BCUT2D eigenvalue weighted by Gasteiger charge is -2.19. The van der Waals surface area contributed by atoms with Gasteiger partial charge in [-0.05, 0) is 11.0 Å². The Kier molecular flexibility index (Phi) is 3.55. The van der Waals surface area contributed by atoms with Gasteiger partial charge in [-0.25, -0.2) is 0 Å². The summed E-state index contributed by atoms with van der Waals surface area (Å²) >= 11 is 6.21. The molecule has 1 rings (SSSR count). The van der Waals surface area contributed by atoms with E-state index in [9.17, 15) is 0 Å². The molecule has 0 aliphatic heterocycles. The summed E-state index contributed by atoms with van der Waals surface area (Å²) < 4.78 is 0. The summed E-state index contributed by atoms with van der Waals surface area (Å²) in [5.41, 5.74) is 1.24. The van der Waals surface area contributed by atoms with E-state index in [0.717, 1.165) is 5.56 Å². The number of benzene rings is 1. The highest BCUT2D eigenvalue weighted by atomic mass is 35.5. The Morgan fingerprint density at radius 3 is 2.13 bits per heavy atom. The van der Waals surface area contributed by atoms with Gasteiger partial charge < -0.3 is 0 Å². The number of halogens is 1. The molecule has 0 unspecified atom stereocenters. The molecule has 0 amide bonds. The van der Waals surface area contributed by atoms with Gasteiger partial charge in [0.15, 0.2) is 0 Å². The van der Waals surface area contributed by atoms with Gasteiger partial charge in [0, 0.05) is 5.03 Å². The van der Waals surface area contributed by atoms with Crippen LogP contribution in [0, 0.1) is 16.7 Å². The average molecular weight is 220 g/mol. The maximum Gasteiger partial charge on any atom is 0.101 e. The molecule has 0 aromatic heterocycles. The van der Waals surface area contributed by atoms with Crippen LogP contribution in [0.15, 0.2) is 35.4 Å². The minimum absolute atomic E-state index is 0.192. The molecule has 0 heterocycles. The van der Waals surface area contributed by atoms with Crippen molar-refractivity contribution in [1.82, 2.24) is 0 Å². The lowest BCUT2D eigenvalue weighted by molar-refractivity contribution is 0.533. The van der Waals surface area contributed by atoms with Crippen molar-refractivity contribution in [3.63, 3.8) is 0 Å². The maximum absolute atomic E-state index is 9.12. The molecule has 0 aliphatic carbocycles. The molecule has 0 atom stereocenters. The molecule has 0 radical (unpaired) electrons. The van der Waals surface area contributed by atoms with Crippen molar-refractivity contribution in [3.8, 4) is 6.07 Å². The van der Waals surface area contributed by atoms with E-state index >= 15 is 0 Å². The SMILES string of the molecule is CC(C)(C)C(Cl)=C(C#N)c1ccccc1. The molecule has 0 spiro atoms. The second kappa shape index (κ2) is 4.51. The molecule has 78 valence electrons. The Balaban J connectivity index is 3.28. The van der Waals surface area contributed by atoms with E-state index in [1.54, 1.807) is 0 Å². The third-order valence-corrected chi connectivity index (χ3v) is 2.81. The van der Waals surface area contributed by atoms with E-state index in [-0.39, 0.29) is 5.41 Å². The summed E-state index contributed by atoms with van der Waals surface area (Å²) in [7, 11) is 0. The minimum atomic E-state index is -0.192. The highest BCUT2D eigenvalue weighted by molar-refractivity contribution is 6.34. The molecule has 0 aliphatic rings. The predicted octanol–water partition coefficient (Wildman–Crippen LogP) is 4.21. The third-order valence-electron chi connectivity index (χ3n) is 2.05. The highest BCUT2D eigenvalue weighted by Gasteiger charge is 2.20. The van der Waals surface area contributed by atoms with Crippen molar-refractivity contribution in [2.75, 3.05) is 0 Å². The standard InChI is InChI=1S/C13H14ClN/c1-13(2,3)12(14)11(9-15)10-7-5-4-6-8-10/h4-8H,1-3H3. The van der Waals surface area contributed by atoms with E-state index in [0.29, 0.717) is 10.6 Å². The van der Waals surface area contributed by atoms with E-state index in [1.165, 1.54) is 0 Å². The fourth-order valence-electron chi connectivity index (χ4n) is 1.22. The first-order chi connectivity index (χ1) is 6.96. The number of nitrogens with zero attached hydrogens (tertiary/aromatic N) is 1. The molecule has 0 saturated heterocycles. The molecular weight excluding hydrogens is 206 g/mol. The van der Waals surface area contributed by atoms with Gasteiger partial charge in [-0.1, -0.05) is 62.7 Å². The zero-order valence-corrected chi connectivity index (χ0v) is 9.97. The van der Waals surface area contributed by atoms with Crippen LogP contribution >= 0.6 is 11.6 Å². The maximum atomic E-state index is 9.12. The fraction of sp³-hybridized carbons (Fsp3) is 0.308. The van der Waals surface area contributed by atoms with Gasteiger partial charge in [-0.3, -0.25) is 0 Å². The molecule has 0 bridgehead atoms. The smallest absolute Gasteiger partial charge is 0.101 e. The Bertz CT molecular complexity index is 404. The second-order valence-corrected chi connectivity index (χ2v) is 4.79. The van der Waals surface area contributed by atoms with E-state index < -0.39 is 0 Å². The molecule has 0 fully saturated rings. The normalized spacial score (nSPS) is 13.0. The first kappa shape index (κ1) is 11.8. The van der Waals surface area contributed by atoms with Crippen LogP contribution in [0.1, 0.15) is 26.3 Å². The van der Waals surface area contributed by atoms with Gasteiger partial charge in [0.25, 0.3) is 0 Å². The topological polar surface area (TPSA) is 23.8 Å². The largest absolute Gasteiger partial charge is 0.192 e. The number of hydrogen-bond acceptors (Lipinski definition) is 1. The number of hydrogen-bond donors (Lipinski definition) is 0. The van der Waals surface area contributed by atoms with Crippen LogP contribution in [0.4, 0.5) is 0 Å². The van der Waals surface area contributed by atoms with Crippen LogP contribution in [0.25, 0.3) is 5.57 Å². The Labute approximate surface area is 96.0 Å². The van der Waals surface area contributed by atoms with E-state index in [2.05, 4.69) is 6.07 Å². The highest BCUT2D eigenvalue weighted by Crippen LogP contribution is 2.34. The average Bonchev–Trinajstić information content (AvgIpc) is 2.19. The Morgan fingerprint density at radius 1 is 1.20 bits per heavy atom. The third kappa shape index (κ3) is 2.84. The summed E-state index contributed by atoms with van der Waals surface area (Å²) in [6.45, 7) is 5.99. The molecule has 1 aromatic rings. The molecule has 2 heteroatoms. The van der Waals surface area contributed by atoms with E-state index in [4.69, 9.17) is 16.9 Å². The van der Waals surface area contributed by atoms with Crippen molar-refractivity contribution in [1.29, 1.82) is 5.26 Å². The lowest BCUT2D eigenvalue weighted by Crippen LogP contribution is -2.06. The number of rotatable bonds is 1. The van der Waals surface area contributed by atoms with Crippen molar-refractivity contribution in [2.24, 2.45) is 5.41 Å². The van der Waals surface area contributed by atoms with Gasteiger partial charge in [-0.15, -0.1) is 0 Å².